The standard InChI is InChI=1S/C20H21N3S2/c1-12-4-7-15-16(9-12)25-20-17(15)19(22-18(23-20)14-5-6-14)24-11-13-3-2-8-21-10-13/h2-3,8,10,12,14H,4-7,9,11H2,1H3/t12-/m0/s1. The molecule has 3 aromatic heterocycles. The molecule has 0 spiro atoms. The van der Waals surface area contributed by atoms with E-state index in [9.17, 15) is 0 Å². The Labute approximate surface area is 156 Å². The van der Waals surface area contributed by atoms with Gasteiger partial charge in [-0.15, -0.1) is 23.1 Å². The van der Waals surface area contributed by atoms with Crippen LogP contribution in [0.25, 0.3) is 10.2 Å². The zero-order chi connectivity index (χ0) is 16.8. The van der Waals surface area contributed by atoms with Crippen molar-refractivity contribution in [3.05, 3.63) is 46.4 Å². The maximum absolute atomic E-state index is 5.02. The Morgan fingerprint density at radius 2 is 2.16 bits per heavy atom. The van der Waals surface area contributed by atoms with Gasteiger partial charge in [-0.1, -0.05) is 13.0 Å². The van der Waals surface area contributed by atoms with Crippen LogP contribution in [0.2, 0.25) is 0 Å². The van der Waals surface area contributed by atoms with Crippen molar-refractivity contribution < 1.29 is 0 Å². The molecule has 0 aliphatic heterocycles. The molecule has 128 valence electrons. The Balaban J connectivity index is 1.57. The quantitative estimate of drug-likeness (QED) is 0.458. The molecule has 0 bridgehead atoms. The lowest BCUT2D eigenvalue weighted by Gasteiger charge is -2.18. The molecule has 2 aliphatic rings. The highest BCUT2D eigenvalue weighted by molar-refractivity contribution is 7.98. The van der Waals surface area contributed by atoms with E-state index in [1.54, 1.807) is 4.88 Å². The predicted octanol–water partition coefficient (Wildman–Crippen LogP) is 5.38. The molecule has 0 radical (unpaired) electrons. The highest BCUT2D eigenvalue weighted by Crippen LogP contribution is 2.44. The number of fused-ring (bicyclic) bond motifs is 3. The molecule has 0 amide bonds. The summed E-state index contributed by atoms with van der Waals surface area (Å²) < 4.78 is 0. The molecule has 0 aromatic carbocycles. The van der Waals surface area contributed by atoms with Gasteiger partial charge in [-0.3, -0.25) is 4.98 Å². The molecular formula is C20H21N3S2. The molecule has 5 heteroatoms. The fourth-order valence-corrected chi connectivity index (χ4v) is 6.04. The summed E-state index contributed by atoms with van der Waals surface area (Å²) in [5.74, 6) is 3.39. The SMILES string of the molecule is C[C@H]1CCc2c(sc3nc(C4CC4)nc(SCc4cccnc4)c23)C1. The van der Waals surface area contributed by atoms with Gasteiger partial charge in [0.25, 0.3) is 0 Å². The number of aryl methyl sites for hydroxylation is 1. The van der Waals surface area contributed by atoms with Crippen LogP contribution in [0.15, 0.2) is 29.6 Å². The minimum absolute atomic E-state index is 0.597. The van der Waals surface area contributed by atoms with Gasteiger partial charge in [0.15, 0.2) is 0 Å². The zero-order valence-corrected chi connectivity index (χ0v) is 16.0. The van der Waals surface area contributed by atoms with Gasteiger partial charge in [-0.05, 0) is 55.2 Å². The molecule has 0 unspecified atom stereocenters. The van der Waals surface area contributed by atoms with Crippen molar-refractivity contribution in [3.63, 3.8) is 0 Å². The minimum atomic E-state index is 0.597. The van der Waals surface area contributed by atoms with Crippen molar-refractivity contribution >= 4 is 33.3 Å². The molecule has 0 N–H and O–H groups in total. The Hall–Kier alpha value is -1.46. The van der Waals surface area contributed by atoms with Crippen LogP contribution in [-0.4, -0.2) is 15.0 Å². The summed E-state index contributed by atoms with van der Waals surface area (Å²) in [4.78, 5) is 17.0. The number of thiophene rings is 1. The average Bonchev–Trinajstić information content (AvgIpc) is 3.41. The second-order valence-electron chi connectivity index (χ2n) is 7.34. The first-order valence-electron chi connectivity index (χ1n) is 9.12. The van der Waals surface area contributed by atoms with E-state index < -0.39 is 0 Å². The normalized spacial score (nSPS) is 20.0. The number of aromatic nitrogens is 3. The molecule has 2 aliphatic carbocycles. The van der Waals surface area contributed by atoms with Gasteiger partial charge in [0.05, 0.1) is 0 Å². The van der Waals surface area contributed by atoms with E-state index >= 15 is 0 Å². The van der Waals surface area contributed by atoms with Gasteiger partial charge in [0, 0.05) is 34.3 Å². The lowest BCUT2D eigenvalue weighted by atomic mass is 9.89. The predicted molar refractivity (Wildman–Crippen MR) is 104 cm³/mol. The summed E-state index contributed by atoms with van der Waals surface area (Å²) in [6.07, 6.45) is 9.97. The van der Waals surface area contributed by atoms with Crippen LogP contribution < -0.4 is 0 Å². The number of hydrogen-bond donors (Lipinski definition) is 0. The smallest absolute Gasteiger partial charge is 0.134 e. The van der Waals surface area contributed by atoms with Crippen molar-refractivity contribution in [3.8, 4) is 0 Å². The summed E-state index contributed by atoms with van der Waals surface area (Å²) >= 11 is 3.78. The molecule has 1 saturated carbocycles. The molecule has 3 heterocycles. The Kier molecular flexibility index (Phi) is 4.01. The van der Waals surface area contributed by atoms with Gasteiger partial charge >= 0.3 is 0 Å². The first-order chi connectivity index (χ1) is 12.3. The third kappa shape index (κ3) is 3.08. The van der Waals surface area contributed by atoms with E-state index in [-0.39, 0.29) is 0 Å². The van der Waals surface area contributed by atoms with E-state index in [1.807, 2.05) is 41.6 Å². The zero-order valence-electron chi connectivity index (χ0n) is 14.4. The minimum Gasteiger partial charge on any atom is -0.264 e. The molecule has 3 aromatic rings. The van der Waals surface area contributed by atoms with Gasteiger partial charge in [0.2, 0.25) is 0 Å². The first kappa shape index (κ1) is 15.8. The Bertz CT molecular complexity index is 916. The van der Waals surface area contributed by atoms with E-state index in [1.165, 1.54) is 58.5 Å². The number of pyridine rings is 1. The fourth-order valence-electron chi connectivity index (χ4n) is 3.59. The monoisotopic (exact) mass is 367 g/mol. The van der Waals surface area contributed by atoms with Crippen LogP contribution in [0.4, 0.5) is 0 Å². The fraction of sp³-hybridized carbons (Fsp3) is 0.450. The average molecular weight is 368 g/mol. The largest absolute Gasteiger partial charge is 0.264 e. The molecule has 1 atom stereocenters. The van der Waals surface area contributed by atoms with Gasteiger partial charge in [-0.2, -0.15) is 0 Å². The van der Waals surface area contributed by atoms with Crippen molar-refractivity contribution in [1.29, 1.82) is 0 Å². The molecule has 5 rings (SSSR count). The van der Waals surface area contributed by atoms with Crippen LogP contribution >= 0.6 is 23.1 Å². The number of thioether (sulfide) groups is 1. The van der Waals surface area contributed by atoms with Crippen molar-refractivity contribution in [1.82, 2.24) is 15.0 Å². The first-order valence-corrected chi connectivity index (χ1v) is 10.9. The third-order valence-corrected chi connectivity index (χ3v) is 7.37. The maximum atomic E-state index is 5.02. The molecular weight excluding hydrogens is 346 g/mol. The number of hydrogen-bond acceptors (Lipinski definition) is 5. The molecule has 0 saturated heterocycles. The highest BCUT2D eigenvalue weighted by atomic mass is 32.2. The van der Waals surface area contributed by atoms with E-state index in [0.29, 0.717) is 5.92 Å². The van der Waals surface area contributed by atoms with Crippen molar-refractivity contribution in [2.24, 2.45) is 5.92 Å². The lowest BCUT2D eigenvalue weighted by molar-refractivity contribution is 0.509. The highest BCUT2D eigenvalue weighted by Gasteiger charge is 2.30. The van der Waals surface area contributed by atoms with Gasteiger partial charge in [0.1, 0.15) is 15.7 Å². The van der Waals surface area contributed by atoms with Crippen LogP contribution in [0.5, 0.6) is 0 Å². The van der Waals surface area contributed by atoms with Gasteiger partial charge < -0.3 is 0 Å². The molecule has 25 heavy (non-hydrogen) atoms. The lowest BCUT2D eigenvalue weighted by Crippen LogP contribution is -2.08. The van der Waals surface area contributed by atoms with Crippen LogP contribution in [-0.2, 0) is 18.6 Å². The Morgan fingerprint density at radius 1 is 1.24 bits per heavy atom. The molecule has 1 fully saturated rings. The van der Waals surface area contributed by atoms with Crippen LogP contribution in [0.1, 0.15) is 53.9 Å². The second-order valence-corrected chi connectivity index (χ2v) is 9.39. The van der Waals surface area contributed by atoms with Crippen LogP contribution in [0.3, 0.4) is 0 Å². The summed E-state index contributed by atoms with van der Waals surface area (Å²) in [5, 5.41) is 2.55. The summed E-state index contributed by atoms with van der Waals surface area (Å²) in [7, 11) is 0. The van der Waals surface area contributed by atoms with E-state index in [4.69, 9.17) is 9.97 Å². The number of rotatable bonds is 4. The van der Waals surface area contributed by atoms with Gasteiger partial charge in [-0.25, -0.2) is 9.97 Å². The summed E-state index contributed by atoms with van der Waals surface area (Å²) in [5.41, 5.74) is 2.79. The van der Waals surface area contributed by atoms with Crippen molar-refractivity contribution in [2.75, 3.05) is 0 Å². The van der Waals surface area contributed by atoms with Crippen molar-refractivity contribution in [2.45, 2.75) is 55.7 Å². The molecule has 3 nitrogen and oxygen atoms in total. The maximum Gasteiger partial charge on any atom is 0.134 e. The Morgan fingerprint density at radius 3 is 2.96 bits per heavy atom. The topological polar surface area (TPSA) is 38.7 Å². The van der Waals surface area contributed by atoms with E-state index in [2.05, 4.69) is 18.0 Å². The van der Waals surface area contributed by atoms with E-state index in [0.717, 1.165) is 17.5 Å². The van der Waals surface area contributed by atoms with Crippen LogP contribution in [0, 0.1) is 5.92 Å². The second kappa shape index (κ2) is 6.36. The third-order valence-electron chi connectivity index (χ3n) is 5.18. The summed E-state index contributed by atoms with van der Waals surface area (Å²) in [6, 6.07) is 4.15. The summed E-state index contributed by atoms with van der Waals surface area (Å²) in [6.45, 7) is 2.37. The number of nitrogens with zero attached hydrogens (tertiary/aromatic N) is 3.